The molecule has 0 fully saturated rings. The Kier molecular flexibility index (Phi) is 3.73. The fraction of sp³-hybridized carbons (Fsp3) is 0.545. The number of carboxylic acids is 1. The van der Waals surface area contributed by atoms with Gasteiger partial charge in [-0.3, -0.25) is 4.68 Å². The molecule has 1 rings (SSSR count). The molecule has 1 N–H and O–H groups in total. The van der Waals surface area contributed by atoms with Gasteiger partial charge in [-0.2, -0.15) is 10.4 Å². The highest BCUT2D eigenvalue weighted by molar-refractivity contribution is 5.94. The van der Waals surface area contributed by atoms with E-state index < -0.39 is 5.97 Å². The second-order valence-corrected chi connectivity index (χ2v) is 4.03. The number of hydrogen-bond acceptors (Lipinski definition) is 4. The van der Waals surface area contributed by atoms with Gasteiger partial charge in [0.05, 0.1) is 18.2 Å². The first-order valence-electron chi connectivity index (χ1n) is 5.26. The van der Waals surface area contributed by atoms with Crippen molar-refractivity contribution in [3.63, 3.8) is 0 Å². The van der Waals surface area contributed by atoms with Crippen LogP contribution in [0.3, 0.4) is 0 Å². The molecule has 0 saturated heterocycles. The lowest BCUT2D eigenvalue weighted by Crippen LogP contribution is -2.31. The summed E-state index contributed by atoms with van der Waals surface area (Å²) in [6.45, 7) is 3.53. The molecule has 92 valence electrons. The van der Waals surface area contributed by atoms with Gasteiger partial charge in [-0.1, -0.05) is 0 Å². The highest BCUT2D eigenvalue weighted by atomic mass is 16.4. The molecule has 0 bridgehead atoms. The number of carbonyl (C=O) groups is 1. The van der Waals surface area contributed by atoms with Crippen LogP contribution in [0.1, 0.15) is 29.4 Å². The summed E-state index contributed by atoms with van der Waals surface area (Å²) in [4.78, 5) is 13.0. The van der Waals surface area contributed by atoms with Gasteiger partial charge in [0.25, 0.3) is 0 Å². The maximum Gasteiger partial charge on any atom is 0.341 e. The van der Waals surface area contributed by atoms with E-state index in [2.05, 4.69) is 11.2 Å². The first-order valence-corrected chi connectivity index (χ1v) is 5.26. The average Bonchev–Trinajstić information content (AvgIpc) is 2.52. The number of anilines is 1. The molecule has 0 saturated carbocycles. The summed E-state index contributed by atoms with van der Waals surface area (Å²) in [6, 6.07) is 2.01. The van der Waals surface area contributed by atoms with E-state index in [1.165, 1.54) is 4.68 Å². The summed E-state index contributed by atoms with van der Waals surface area (Å²) in [5, 5.41) is 22.0. The lowest BCUT2D eigenvalue weighted by molar-refractivity contribution is 0.0696. The van der Waals surface area contributed by atoms with Crippen LogP contribution in [0.15, 0.2) is 0 Å². The SMILES string of the molecule is Cc1nn(C)c(N(C)C(C)CC#N)c1C(=O)O. The van der Waals surface area contributed by atoms with Crippen LogP contribution < -0.4 is 4.90 Å². The number of aryl methyl sites for hydroxylation is 2. The van der Waals surface area contributed by atoms with Crippen LogP contribution in [-0.4, -0.2) is 33.9 Å². The van der Waals surface area contributed by atoms with Crippen LogP contribution in [0, 0.1) is 18.3 Å². The maximum atomic E-state index is 11.2. The molecule has 0 radical (unpaired) electrons. The van der Waals surface area contributed by atoms with E-state index in [4.69, 9.17) is 5.26 Å². The molecule has 0 aliphatic carbocycles. The molecule has 0 aliphatic rings. The van der Waals surface area contributed by atoms with E-state index in [0.29, 0.717) is 17.9 Å². The number of carboxylic acid groups (broad SMARTS) is 1. The topological polar surface area (TPSA) is 82.2 Å². The van der Waals surface area contributed by atoms with Gasteiger partial charge >= 0.3 is 5.97 Å². The van der Waals surface area contributed by atoms with Crippen LogP contribution in [0.2, 0.25) is 0 Å². The summed E-state index contributed by atoms with van der Waals surface area (Å²) >= 11 is 0. The van der Waals surface area contributed by atoms with E-state index >= 15 is 0 Å². The van der Waals surface area contributed by atoms with Crippen molar-refractivity contribution < 1.29 is 9.90 Å². The van der Waals surface area contributed by atoms with E-state index in [1.807, 2.05) is 6.92 Å². The van der Waals surface area contributed by atoms with Crippen molar-refractivity contribution in [3.05, 3.63) is 11.3 Å². The lowest BCUT2D eigenvalue weighted by atomic mass is 10.2. The standard InChI is InChI=1S/C11H16N4O2/c1-7(5-6-12)14(3)10-9(11(16)17)8(2)13-15(10)4/h7H,5H2,1-4H3,(H,16,17). The highest BCUT2D eigenvalue weighted by Gasteiger charge is 2.24. The highest BCUT2D eigenvalue weighted by Crippen LogP contribution is 2.24. The predicted molar refractivity (Wildman–Crippen MR) is 63.0 cm³/mol. The minimum absolute atomic E-state index is 0.0621. The number of aromatic carboxylic acids is 1. The van der Waals surface area contributed by atoms with Gasteiger partial charge in [0, 0.05) is 20.1 Å². The van der Waals surface area contributed by atoms with E-state index in [9.17, 15) is 9.90 Å². The zero-order valence-electron chi connectivity index (χ0n) is 10.4. The van der Waals surface area contributed by atoms with Crippen molar-refractivity contribution in [1.29, 1.82) is 5.26 Å². The fourth-order valence-electron chi connectivity index (χ4n) is 1.78. The van der Waals surface area contributed by atoms with Crippen molar-refractivity contribution in [2.24, 2.45) is 7.05 Å². The number of aromatic nitrogens is 2. The minimum Gasteiger partial charge on any atom is -0.477 e. The van der Waals surface area contributed by atoms with Gasteiger partial charge in [0.2, 0.25) is 0 Å². The van der Waals surface area contributed by atoms with Gasteiger partial charge in [-0.15, -0.1) is 0 Å². The Morgan fingerprint density at radius 2 is 2.29 bits per heavy atom. The second-order valence-electron chi connectivity index (χ2n) is 4.03. The Bertz CT molecular complexity index is 473. The monoisotopic (exact) mass is 236 g/mol. The molecule has 6 heteroatoms. The Morgan fingerprint density at radius 3 is 2.76 bits per heavy atom. The van der Waals surface area contributed by atoms with Crippen molar-refractivity contribution >= 4 is 11.8 Å². The van der Waals surface area contributed by atoms with Crippen molar-refractivity contribution in [2.45, 2.75) is 26.3 Å². The smallest absolute Gasteiger partial charge is 0.341 e. The van der Waals surface area contributed by atoms with E-state index in [1.54, 1.807) is 25.9 Å². The lowest BCUT2D eigenvalue weighted by Gasteiger charge is -2.25. The van der Waals surface area contributed by atoms with Gasteiger partial charge < -0.3 is 10.0 Å². The Balaban J connectivity index is 3.21. The normalized spacial score (nSPS) is 11.9. The molecule has 1 heterocycles. The van der Waals surface area contributed by atoms with Crippen LogP contribution in [0.5, 0.6) is 0 Å². The van der Waals surface area contributed by atoms with E-state index in [0.717, 1.165) is 0 Å². The van der Waals surface area contributed by atoms with Crippen LogP contribution in [-0.2, 0) is 7.05 Å². The van der Waals surface area contributed by atoms with Crippen LogP contribution >= 0.6 is 0 Å². The molecule has 1 aromatic rings. The first kappa shape index (κ1) is 13.0. The minimum atomic E-state index is -0.999. The average molecular weight is 236 g/mol. The number of hydrogen-bond donors (Lipinski definition) is 1. The fourth-order valence-corrected chi connectivity index (χ4v) is 1.78. The predicted octanol–water partition coefficient (Wildman–Crippen LogP) is 1.17. The second kappa shape index (κ2) is 4.87. The molecule has 1 unspecified atom stereocenters. The summed E-state index contributed by atoms with van der Waals surface area (Å²) < 4.78 is 1.53. The summed E-state index contributed by atoms with van der Waals surface area (Å²) in [6.07, 6.45) is 0.333. The Labute approximate surface area is 100 Å². The zero-order chi connectivity index (χ0) is 13.2. The first-order chi connectivity index (χ1) is 7.90. The third kappa shape index (κ3) is 2.38. The van der Waals surface area contributed by atoms with Crippen LogP contribution in [0.25, 0.3) is 0 Å². The molecule has 0 aromatic carbocycles. The van der Waals surface area contributed by atoms with Gasteiger partial charge in [-0.05, 0) is 13.8 Å². The van der Waals surface area contributed by atoms with Crippen LogP contribution in [0.4, 0.5) is 5.82 Å². The van der Waals surface area contributed by atoms with E-state index in [-0.39, 0.29) is 11.6 Å². The molecule has 1 atom stereocenters. The number of nitrogens with zero attached hydrogens (tertiary/aromatic N) is 4. The number of nitriles is 1. The zero-order valence-corrected chi connectivity index (χ0v) is 10.4. The molecular weight excluding hydrogens is 220 g/mol. The molecular formula is C11H16N4O2. The van der Waals surface area contributed by atoms with Gasteiger partial charge in [-0.25, -0.2) is 4.79 Å². The Morgan fingerprint density at radius 1 is 1.71 bits per heavy atom. The molecule has 6 nitrogen and oxygen atoms in total. The molecule has 1 aromatic heterocycles. The third-order valence-corrected chi connectivity index (χ3v) is 2.79. The molecule has 0 spiro atoms. The van der Waals surface area contributed by atoms with Gasteiger partial charge in [0.1, 0.15) is 11.4 Å². The summed E-state index contributed by atoms with van der Waals surface area (Å²) in [5.74, 6) is -0.473. The van der Waals surface area contributed by atoms with Gasteiger partial charge in [0.15, 0.2) is 0 Å². The van der Waals surface area contributed by atoms with Crippen molar-refractivity contribution in [2.75, 3.05) is 11.9 Å². The summed E-state index contributed by atoms with van der Waals surface area (Å²) in [7, 11) is 3.47. The number of rotatable bonds is 4. The Hall–Kier alpha value is -2.03. The van der Waals surface area contributed by atoms with Crippen molar-refractivity contribution in [3.8, 4) is 6.07 Å². The largest absolute Gasteiger partial charge is 0.477 e. The summed E-state index contributed by atoms with van der Waals surface area (Å²) in [5.41, 5.74) is 0.672. The van der Waals surface area contributed by atoms with Crippen molar-refractivity contribution in [1.82, 2.24) is 9.78 Å². The molecule has 0 amide bonds. The maximum absolute atomic E-state index is 11.2. The third-order valence-electron chi connectivity index (χ3n) is 2.79. The molecule has 17 heavy (non-hydrogen) atoms. The quantitative estimate of drug-likeness (QED) is 0.848. The molecule has 0 aliphatic heterocycles.